The molecule has 186 valence electrons. The topological polar surface area (TPSA) is 59.0 Å². The van der Waals surface area contributed by atoms with Crippen molar-refractivity contribution in [3.8, 4) is 5.75 Å². The fourth-order valence-electron chi connectivity index (χ4n) is 4.49. The zero-order valence-corrected chi connectivity index (χ0v) is 21.2. The van der Waals surface area contributed by atoms with Crippen LogP contribution in [0.1, 0.15) is 77.2 Å². The number of carbonyl (C=O) groups is 1. The molecule has 0 radical (unpaired) electrons. The third-order valence-electron chi connectivity index (χ3n) is 6.63. The van der Waals surface area contributed by atoms with E-state index in [9.17, 15) is 9.90 Å². The van der Waals surface area contributed by atoms with E-state index in [1.54, 1.807) is 0 Å². The van der Waals surface area contributed by atoms with Gasteiger partial charge in [0.2, 0.25) is 0 Å². The number of nitrogens with zero attached hydrogens (tertiary/aromatic N) is 3. The number of aryl methyl sites for hydroxylation is 1. The van der Waals surface area contributed by atoms with Crippen LogP contribution >= 0.6 is 0 Å². The van der Waals surface area contributed by atoms with Gasteiger partial charge in [-0.3, -0.25) is 10.4 Å². The number of rotatable bonds is 15. The lowest BCUT2D eigenvalue weighted by atomic mass is 10.1. The monoisotopic (exact) mass is 466 g/mol. The minimum absolute atomic E-state index is 0.251. The molecule has 0 unspecified atom stereocenters. The lowest BCUT2D eigenvalue weighted by Gasteiger charge is -2.32. The summed E-state index contributed by atoms with van der Waals surface area (Å²) in [6, 6.07) is 12.5. The number of benzene rings is 2. The van der Waals surface area contributed by atoms with Crippen molar-refractivity contribution in [3.05, 3.63) is 42.0 Å². The number of anilines is 4. The van der Waals surface area contributed by atoms with Crippen molar-refractivity contribution in [1.82, 2.24) is 0 Å². The van der Waals surface area contributed by atoms with E-state index in [-0.39, 0.29) is 5.75 Å². The highest BCUT2D eigenvalue weighted by atomic mass is 16.3. The summed E-state index contributed by atoms with van der Waals surface area (Å²) in [6.45, 7) is 6.17. The Bertz CT molecular complexity index is 917. The summed E-state index contributed by atoms with van der Waals surface area (Å²) in [5.41, 5.74) is 8.78. The summed E-state index contributed by atoms with van der Waals surface area (Å²) in [4.78, 5) is 12.7. The van der Waals surface area contributed by atoms with Gasteiger partial charge in [0, 0.05) is 38.3 Å². The molecule has 34 heavy (non-hydrogen) atoms. The van der Waals surface area contributed by atoms with Crippen molar-refractivity contribution in [1.29, 1.82) is 0 Å². The molecule has 0 saturated heterocycles. The van der Waals surface area contributed by atoms with Crippen LogP contribution in [0.15, 0.2) is 36.4 Å². The average molecular weight is 467 g/mol. The molecule has 1 heterocycles. The number of hydrogen-bond acceptors (Lipinski definition) is 6. The van der Waals surface area contributed by atoms with Gasteiger partial charge in [-0.1, -0.05) is 52.0 Å². The van der Waals surface area contributed by atoms with E-state index in [0.717, 1.165) is 67.8 Å². The predicted octanol–water partition coefficient (Wildman–Crippen LogP) is 6.69. The van der Waals surface area contributed by atoms with E-state index < -0.39 is 0 Å². The highest BCUT2D eigenvalue weighted by molar-refractivity contribution is 5.83. The van der Waals surface area contributed by atoms with E-state index in [4.69, 9.17) is 0 Å². The Morgan fingerprint density at radius 2 is 1.71 bits per heavy atom. The van der Waals surface area contributed by atoms with Crippen LogP contribution in [-0.4, -0.2) is 31.5 Å². The molecule has 0 amide bonds. The van der Waals surface area contributed by atoms with Crippen molar-refractivity contribution < 1.29 is 9.90 Å². The van der Waals surface area contributed by atoms with Gasteiger partial charge >= 0.3 is 0 Å². The Balaban J connectivity index is 1.73. The maximum atomic E-state index is 11.0. The number of phenols is 1. The summed E-state index contributed by atoms with van der Waals surface area (Å²) in [5, 5.41) is 15.3. The molecule has 0 saturated carbocycles. The molecule has 6 nitrogen and oxygen atoms in total. The maximum absolute atomic E-state index is 11.0. The first-order valence-electron chi connectivity index (χ1n) is 13.0. The van der Waals surface area contributed by atoms with Gasteiger partial charge < -0.3 is 14.8 Å². The fourth-order valence-corrected chi connectivity index (χ4v) is 4.49. The molecule has 1 aliphatic heterocycles. The summed E-state index contributed by atoms with van der Waals surface area (Å²) in [7, 11) is 2.02. The zero-order valence-electron chi connectivity index (χ0n) is 21.2. The van der Waals surface area contributed by atoms with Gasteiger partial charge in [0.25, 0.3) is 0 Å². The van der Waals surface area contributed by atoms with Crippen molar-refractivity contribution in [2.45, 2.75) is 78.1 Å². The molecule has 0 spiro atoms. The van der Waals surface area contributed by atoms with Crippen molar-refractivity contribution in [3.63, 3.8) is 0 Å². The molecule has 1 aliphatic rings. The highest BCUT2D eigenvalue weighted by Gasteiger charge is 2.29. The SMILES string of the molecule is CCCCCCCCN1c2ccc(CC)cc2NN1c1ccc(N(C)CCCCC=O)cc1O. The summed E-state index contributed by atoms with van der Waals surface area (Å²) in [6.07, 6.45) is 11.9. The Kier molecular flexibility index (Phi) is 9.92. The van der Waals surface area contributed by atoms with E-state index >= 15 is 0 Å². The molecule has 2 N–H and O–H groups in total. The Hall–Kier alpha value is -2.89. The number of unbranched alkanes of at least 4 members (excludes halogenated alkanes) is 7. The lowest BCUT2D eigenvalue weighted by molar-refractivity contribution is -0.107. The second-order valence-electron chi connectivity index (χ2n) is 9.28. The first-order chi connectivity index (χ1) is 16.6. The fraction of sp³-hybridized carbons (Fsp3) is 0.536. The molecular weight excluding hydrogens is 424 g/mol. The average Bonchev–Trinajstić information content (AvgIpc) is 3.21. The largest absolute Gasteiger partial charge is 0.506 e. The molecule has 6 heteroatoms. The first kappa shape index (κ1) is 25.7. The highest BCUT2D eigenvalue weighted by Crippen LogP contribution is 2.41. The van der Waals surface area contributed by atoms with Gasteiger partial charge in [0.05, 0.1) is 11.4 Å². The number of fused-ring (bicyclic) bond motifs is 1. The minimum Gasteiger partial charge on any atom is -0.506 e. The molecule has 3 rings (SSSR count). The van der Waals surface area contributed by atoms with Gasteiger partial charge in [0.15, 0.2) is 0 Å². The summed E-state index contributed by atoms with van der Waals surface area (Å²) in [5.74, 6) is 0.251. The third-order valence-corrected chi connectivity index (χ3v) is 6.63. The van der Waals surface area contributed by atoms with Crippen LogP contribution in [0, 0.1) is 0 Å². The number of hydrazine groups is 2. The Morgan fingerprint density at radius 3 is 2.44 bits per heavy atom. The van der Waals surface area contributed by atoms with Crippen LogP contribution in [0.5, 0.6) is 5.75 Å². The summed E-state index contributed by atoms with van der Waals surface area (Å²) < 4.78 is 0. The maximum Gasteiger partial charge on any atom is 0.144 e. The van der Waals surface area contributed by atoms with Crippen LogP contribution < -0.4 is 20.5 Å². The van der Waals surface area contributed by atoms with E-state index in [0.29, 0.717) is 6.42 Å². The minimum atomic E-state index is 0.251. The van der Waals surface area contributed by atoms with E-state index in [1.807, 2.05) is 24.3 Å². The van der Waals surface area contributed by atoms with Crippen LogP contribution in [0.3, 0.4) is 0 Å². The first-order valence-corrected chi connectivity index (χ1v) is 13.0. The third kappa shape index (κ3) is 6.58. The van der Waals surface area contributed by atoms with Crippen LogP contribution in [-0.2, 0) is 11.2 Å². The smallest absolute Gasteiger partial charge is 0.144 e. The molecular formula is C28H42N4O2. The number of carbonyl (C=O) groups excluding carboxylic acids is 1. The zero-order chi connectivity index (χ0) is 24.3. The van der Waals surface area contributed by atoms with Gasteiger partial charge in [0.1, 0.15) is 17.7 Å². The molecule has 2 aromatic rings. The number of aromatic hydroxyl groups is 1. The molecule has 0 bridgehead atoms. The van der Waals surface area contributed by atoms with Crippen molar-refractivity contribution >= 4 is 29.0 Å². The number of nitrogens with one attached hydrogen (secondary N) is 1. The molecule has 0 aliphatic carbocycles. The van der Waals surface area contributed by atoms with E-state index in [2.05, 4.69) is 53.4 Å². The van der Waals surface area contributed by atoms with Gasteiger partial charge in [-0.15, -0.1) is 0 Å². The Labute approximate surface area is 205 Å². The van der Waals surface area contributed by atoms with E-state index in [1.165, 1.54) is 37.7 Å². The van der Waals surface area contributed by atoms with Crippen LogP contribution in [0.2, 0.25) is 0 Å². The number of aldehydes is 1. The van der Waals surface area contributed by atoms with Gasteiger partial charge in [-0.2, -0.15) is 5.12 Å². The molecule has 0 aromatic heterocycles. The molecule has 0 fully saturated rings. The molecule has 2 aromatic carbocycles. The van der Waals surface area contributed by atoms with Gasteiger partial charge in [-0.25, -0.2) is 0 Å². The van der Waals surface area contributed by atoms with Gasteiger partial charge in [-0.05, 0) is 55.5 Å². The van der Waals surface area contributed by atoms with Crippen LogP contribution in [0.25, 0.3) is 0 Å². The van der Waals surface area contributed by atoms with Crippen LogP contribution in [0.4, 0.5) is 22.7 Å². The quantitative estimate of drug-likeness (QED) is 0.225. The second-order valence-corrected chi connectivity index (χ2v) is 9.28. The standard InChI is InChI=1S/C28H42N4O2/c1-4-6-7-8-9-12-19-31-26-16-14-23(5-2)21-25(26)29-32(31)27-17-15-24(22-28(27)34)30(3)18-11-10-13-20-33/h14-17,20-22,29,34H,4-13,18-19H2,1-3H3. The number of hydrogen-bond donors (Lipinski definition) is 2. The normalized spacial score (nSPS) is 12.6. The number of phenolic OH excluding ortho intramolecular Hbond substituents is 1. The second kappa shape index (κ2) is 13.1. The van der Waals surface area contributed by atoms with Crippen molar-refractivity contribution in [2.24, 2.45) is 0 Å². The summed E-state index contributed by atoms with van der Waals surface area (Å²) >= 11 is 0. The Morgan fingerprint density at radius 1 is 0.941 bits per heavy atom. The van der Waals surface area contributed by atoms with Crippen molar-refractivity contribution in [2.75, 3.05) is 40.6 Å². The lowest BCUT2D eigenvalue weighted by Crippen LogP contribution is -2.42. The predicted molar refractivity (Wildman–Crippen MR) is 144 cm³/mol. The molecule has 0 atom stereocenters.